The molecule has 0 radical (unpaired) electrons. The lowest BCUT2D eigenvalue weighted by Crippen LogP contribution is -1.83. The Hall–Kier alpha value is -1.35. The van der Waals surface area contributed by atoms with E-state index in [2.05, 4.69) is 27.6 Å². The summed E-state index contributed by atoms with van der Waals surface area (Å²) >= 11 is 1.65. The van der Waals surface area contributed by atoms with Gasteiger partial charge in [-0.1, -0.05) is 23.7 Å². The molecule has 1 N–H and O–H groups in total. The van der Waals surface area contributed by atoms with Gasteiger partial charge in [-0.15, -0.1) is 0 Å². The lowest BCUT2D eigenvalue weighted by Gasteiger charge is -2.03. The first-order chi connectivity index (χ1) is 5.95. The first-order valence-corrected chi connectivity index (χ1v) is 4.57. The van der Waals surface area contributed by atoms with E-state index in [1.165, 1.54) is 15.6 Å². The van der Waals surface area contributed by atoms with Crippen LogP contribution in [0.2, 0.25) is 0 Å². The van der Waals surface area contributed by atoms with Crippen molar-refractivity contribution in [3.05, 3.63) is 30.5 Å². The SMILES string of the molecule is c1cnc2c(c1)ccc1[nH]sc12. The minimum atomic E-state index is 1.11. The van der Waals surface area contributed by atoms with Gasteiger partial charge in [0.05, 0.1) is 15.7 Å². The Bertz CT molecular complexity index is 530. The van der Waals surface area contributed by atoms with E-state index in [0.29, 0.717) is 0 Å². The van der Waals surface area contributed by atoms with Gasteiger partial charge in [-0.05, 0) is 12.1 Å². The first-order valence-electron chi connectivity index (χ1n) is 3.76. The molecule has 0 fully saturated rings. The van der Waals surface area contributed by atoms with Gasteiger partial charge < -0.3 is 4.37 Å². The van der Waals surface area contributed by atoms with Crippen molar-refractivity contribution < 1.29 is 0 Å². The van der Waals surface area contributed by atoms with Crippen molar-refractivity contribution in [2.75, 3.05) is 0 Å². The van der Waals surface area contributed by atoms with Crippen molar-refractivity contribution in [2.24, 2.45) is 0 Å². The highest BCUT2D eigenvalue weighted by atomic mass is 32.1. The predicted molar refractivity (Wildman–Crippen MR) is 51.5 cm³/mol. The molecule has 3 aromatic rings. The molecule has 2 nitrogen and oxygen atoms in total. The molecule has 0 spiro atoms. The van der Waals surface area contributed by atoms with Crippen LogP contribution in [-0.4, -0.2) is 9.36 Å². The number of fused-ring (bicyclic) bond motifs is 3. The highest BCUT2D eigenvalue weighted by Gasteiger charge is 2.03. The Balaban J connectivity index is 2.62. The maximum Gasteiger partial charge on any atom is 0.0946 e. The van der Waals surface area contributed by atoms with Crippen LogP contribution in [-0.2, 0) is 0 Å². The van der Waals surface area contributed by atoms with Crippen LogP contribution < -0.4 is 0 Å². The minimum Gasteiger partial charge on any atom is -0.309 e. The molecule has 3 heteroatoms. The smallest absolute Gasteiger partial charge is 0.0946 e. The normalized spacial score (nSPS) is 11.3. The molecule has 0 aliphatic rings. The lowest BCUT2D eigenvalue weighted by molar-refractivity contribution is 1.43. The number of nitrogens with zero attached hydrogens (tertiary/aromatic N) is 1. The van der Waals surface area contributed by atoms with E-state index >= 15 is 0 Å². The van der Waals surface area contributed by atoms with Crippen LogP contribution in [0, 0.1) is 0 Å². The van der Waals surface area contributed by atoms with E-state index in [-0.39, 0.29) is 0 Å². The Morgan fingerprint density at radius 3 is 3.08 bits per heavy atom. The van der Waals surface area contributed by atoms with Crippen LogP contribution in [0.3, 0.4) is 0 Å². The fourth-order valence-electron chi connectivity index (χ4n) is 1.36. The van der Waals surface area contributed by atoms with Crippen molar-refractivity contribution in [3.8, 4) is 0 Å². The molecule has 0 bridgehead atoms. The zero-order valence-corrected chi connectivity index (χ0v) is 7.06. The third-order valence-electron chi connectivity index (χ3n) is 1.99. The third-order valence-corrected chi connectivity index (χ3v) is 2.93. The molecule has 0 atom stereocenters. The Kier molecular flexibility index (Phi) is 1.07. The van der Waals surface area contributed by atoms with Crippen molar-refractivity contribution in [2.45, 2.75) is 0 Å². The summed E-state index contributed by atoms with van der Waals surface area (Å²) in [6.45, 7) is 0. The van der Waals surface area contributed by atoms with Gasteiger partial charge in [0, 0.05) is 11.6 Å². The van der Waals surface area contributed by atoms with Crippen LogP contribution in [0.15, 0.2) is 30.5 Å². The molecule has 0 aliphatic carbocycles. The summed E-state index contributed by atoms with van der Waals surface area (Å²) in [7, 11) is 0. The van der Waals surface area contributed by atoms with Crippen LogP contribution in [0.25, 0.3) is 21.1 Å². The summed E-state index contributed by atoms with van der Waals surface area (Å²) < 4.78 is 4.43. The second-order valence-electron chi connectivity index (χ2n) is 2.72. The van der Waals surface area contributed by atoms with Crippen molar-refractivity contribution in [1.29, 1.82) is 0 Å². The summed E-state index contributed by atoms with van der Waals surface area (Å²) in [4.78, 5) is 4.33. The number of pyridine rings is 1. The molecule has 0 unspecified atom stereocenters. The first kappa shape index (κ1) is 6.20. The van der Waals surface area contributed by atoms with Gasteiger partial charge in [-0.25, -0.2) is 0 Å². The number of rotatable bonds is 0. The van der Waals surface area contributed by atoms with E-state index in [9.17, 15) is 0 Å². The summed E-state index contributed by atoms with van der Waals surface area (Å²) in [5, 5.41) is 1.21. The molecule has 0 aliphatic heterocycles. The number of H-pyrrole nitrogens is 1. The number of nitrogens with one attached hydrogen (secondary N) is 1. The number of aromatic amines is 1. The van der Waals surface area contributed by atoms with Gasteiger partial charge in [0.25, 0.3) is 0 Å². The van der Waals surface area contributed by atoms with E-state index < -0.39 is 0 Å². The van der Waals surface area contributed by atoms with Crippen LogP contribution in [0.5, 0.6) is 0 Å². The monoisotopic (exact) mass is 174 g/mol. The summed E-state index contributed by atoms with van der Waals surface area (Å²) in [6, 6.07) is 8.23. The molecule has 12 heavy (non-hydrogen) atoms. The quantitative estimate of drug-likeness (QED) is 0.557. The van der Waals surface area contributed by atoms with Crippen LogP contribution in [0.4, 0.5) is 0 Å². The number of hydrogen-bond donors (Lipinski definition) is 1. The van der Waals surface area contributed by atoms with E-state index in [0.717, 1.165) is 5.52 Å². The molecule has 2 heterocycles. The molecule has 0 saturated heterocycles. The summed E-state index contributed by atoms with van der Waals surface area (Å²) in [5.74, 6) is 0. The lowest BCUT2D eigenvalue weighted by atomic mass is 10.2. The van der Waals surface area contributed by atoms with Crippen LogP contribution in [0.1, 0.15) is 0 Å². The maximum absolute atomic E-state index is 4.33. The molecule has 1 aromatic carbocycles. The molecule has 3 rings (SSSR count). The van der Waals surface area contributed by atoms with Gasteiger partial charge in [-0.3, -0.25) is 4.98 Å². The summed E-state index contributed by atoms with van der Waals surface area (Å²) in [5.41, 5.74) is 2.31. The fourth-order valence-corrected chi connectivity index (χ4v) is 2.09. The standard InChI is InChI=1S/C9H6N2S/c1-2-6-3-4-7-9(12-11-7)8(6)10-5-1/h1-5,11H. The average molecular weight is 174 g/mol. The minimum absolute atomic E-state index is 1.11. The maximum atomic E-state index is 4.33. The third kappa shape index (κ3) is 0.662. The number of aromatic nitrogens is 2. The second kappa shape index (κ2) is 2.08. The van der Waals surface area contributed by atoms with E-state index in [4.69, 9.17) is 0 Å². The largest absolute Gasteiger partial charge is 0.309 e. The van der Waals surface area contributed by atoms with Crippen molar-refractivity contribution in [1.82, 2.24) is 9.36 Å². The van der Waals surface area contributed by atoms with Crippen molar-refractivity contribution in [3.63, 3.8) is 0 Å². The fraction of sp³-hybridized carbons (Fsp3) is 0. The molecule has 0 saturated carbocycles. The summed E-state index contributed by atoms with van der Waals surface area (Å²) in [6.07, 6.45) is 1.83. The van der Waals surface area contributed by atoms with Gasteiger partial charge in [0.1, 0.15) is 0 Å². The number of hydrogen-bond acceptors (Lipinski definition) is 2. The Morgan fingerprint density at radius 2 is 2.25 bits per heavy atom. The highest BCUT2D eigenvalue weighted by molar-refractivity contribution is 7.16. The van der Waals surface area contributed by atoms with Crippen molar-refractivity contribution >= 4 is 32.7 Å². The zero-order chi connectivity index (χ0) is 7.97. The predicted octanol–water partition coefficient (Wildman–Crippen LogP) is 2.78. The molecular formula is C9H6N2S. The highest BCUT2D eigenvalue weighted by Crippen LogP contribution is 2.27. The van der Waals surface area contributed by atoms with Gasteiger partial charge in [0.2, 0.25) is 0 Å². The molecule has 58 valence electrons. The Labute approximate surface area is 73.0 Å². The average Bonchev–Trinajstić information content (AvgIpc) is 2.05. The number of benzene rings is 1. The van der Waals surface area contributed by atoms with Gasteiger partial charge >= 0.3 is 0 Å². The van der Waals surface area contributed by atoms with Gasteiger partial charge in [0.15, 0.2) is 0 Å². The van der Waals surface area contributed by atoms with Crippen LogP contribution >= 0.6 is 11.5 Å². The Morgan fingerprint density at radius 1 is 1.25 bits per heavy atom. The molecular weight excluding hydrogens is 168 g/mol. The topological polar surface area (TPSA) is 28.7 Å². The molecule has 0 amide bonds. The van der Waals surface area contributed by atoms with E-state index in [1.54, 1.807) is 11.5 Å². The van der Waals surface area contributed by atoms with Gasteiger partial charge in [-0.2, -0.15) is 0 Å². The zero-order valence-electron chi connectivity index (χ0n) is 6.24. The second-order valence-corrected chi connectivity index (χ2v) is 3.54. The van der Waals surface area contributed by atoms with E-state index in [1.807, 2.05) is 12.3 Å². The molecule has 2 aromatic heterocycles.